The Kier molecular flexibility index (Phi) is 4.70. The van der Waals surface area contributed by atoms with Gasteiger partial charge in [-0.05, 0) is 38.8 Å². The van der Waals surface area contributed by atoms with Gasteiger partial charge < -0.3 is 11.5 Å². The van der Waals surface area contributed by atoms with Gasteiger partial charge in [-0.25, -0.2) is 4.79 Å². The van der Waals surface area contributed by atoms with E-state index < -0.39 is 6.03 Å². The zero-order valence-electron chi connectivity index (χ0n) is 9.61. The highest BCUT2D eigenvalue weighted by Crippen LogP contribution is 2.17. The van der Waals surface area contributed by atoms with Crippen LogP contribution in [-0.4, -0.2) is 42.5 Å². The standard InChI is InChI=1S/C10H20N4O2/c1-7(9(15)13-10(12)16)14-4-2-3-8(5-11)6-14/h7-8H,2-6,11H2,1H3,(H3,12,13,15,16). The van der Waals surface area contributed by atoms with Crippen molar-refractivity contribution < 1.29 is 9.59 Å². The minimum atomic E-state index is -0.802. The van der Waals surface area contributed by atoms with Gasteiger partial charge >= 0.3 is 6.03 Å². The summed E-state index contributed by atoms with van der Waals surface area (Å²) in [5, 5.41) is 2.10. The molecule has 1 fully saturated rings. The molecule has 16 heavy (non-hydrogen) atoms. The Bertz CT molecular complexity index is 270. The summed E-state index contributed by atoms with van der Waals surface area (Å²) >= 11 is 0. The molecule has 0 aliphatic carbocycles. The molecule has 1 saturated heterocycles. The number of urea groups is 1. The first kappa shape index (κ1) is 12.9. The van der Waals surface area contributed by atoms with Gasteiger partial charge in [-0.15, -0.1) is 0 Å². The summed E-state index contributed by atoms with van der Waals surface area (Å²) in [6, 6.07) is -1.13. The first-order valence-electron chi connectivity index (χ1n) is 5.59. The molecule has 5 N–H and O–H groups in total. The van der Waals surface area contributed by atoms with Crippen molar-refractivity contribution in [2.24, 2.45) is 17.4 Å². The van der Waals surface area contributed by atoms with Crippen molar-refractivity contribution in [3.63, 3.8) is 0 Å². The van der Waals surface area contributed by atoms with Crippen molar-refractivity contribution in [1.29, 1.82) is 0 Å². The molecule has 0 aromatic rings. The van der Waals surface area contributed by atoms with E-state index in [0.717, 1.165) is 25.9 Å². The molecule has 2 atom stereocenters. The highest BCUT2D eigenvalue weighted by atomic mass is 16.2. The first-order valence-corrected chi connectivity index (χ1v) is 5.59. The molecule has 1 aliphatic heterocycles. The molecule has 0 spiro atoms. The summed E-state index contributed by atoms with van der Waals surface area (Å²) in [5.41, 5.74) is 10.5. The van der Waals surface area contributed by atoms with Crippen LogP contribution in [0.5, 0.6) is 0 Å². The largest absolute Gasteiger partial charge is 0.351 e. The normalized spacial score (nSPS) is 23.8. The highest BCUT2D eigenvalue weighted by molar-refractivity contribution is 5.96. The van der Waals surface area contributed by atoms with Crippen molar-refractivity contribution in [3.8, 4) is 0 Å². The number of piperidine rings is 1. The number of likely N-dealkylation sites (tertiary alicyclic amines) is 1. The van der Waals surface area contributed by atoms with Crippen molar-refractivity contribution in [2.45, 2.75) is 25.8 Å². The van der Waals surface area contributed by atoms with E-state index in [2.05, 4.69) is 5.32 Å². The summed E-state index contributed by atoms with van der Waals surface area (Å²) in [6.07, 6.45) is 2.15. The molecule has 0 radical (unpaired) electrons. The van der Waals surface area contributed by atoms with Crippen molar-refractivity contribution in [1.82, 2.24) is 10.2 Å². The smallest absolute Gasteiger partial charge is 0.318 e. The molecule has 6 heteroatoms. The fourth-order valence-electron chi connectivity index (χ4n) is 2.03. The number of hydrogen-bond donors (Lipinski definition) is 3. The fourth-order valence-corrected chi connectivity index (χ4v) is 2.03. The summed E-state index contributed by atoms with van der Waals surface area (Å²) in [6.45, 7) is 4.09. The molecule has 92 valence electrons. The Morgan fingerprint density at radius 2 is 2.25 bits per heavy atom. The van der Waals surface area contributed by atoms with Crippen molar-refractivity contribution in [2.75, 3.05) is 19.6 Å². The van der Waals surface area contributed by atoms with Gasteiger partial charge in [0, 0.05) is 6.54 Å². The average Bonchev–Trinajstić information content (AvgIpc) is 2.27. The van der Waals surface area contributed by atoms with Crippen LogP contribution in [-0.2, 0) is 4.79 Å². The van der Waals surface area contributed by atoms with Crippen LogP contribution in [0.1, 0.15) is 19.8 Å². The molecular weight excluding hydrogens is 208 g/mol. The number of nitrogens with zero attached hydrogens (tertiary/aromatic N) is 1. The second kappa shape index (κ2) is 5.81. The van der Waals surface area contributed by atoms with Gasteiger partial charge in [-0.1, -0.05) is 0 Å². The van der Waals surface area contributed by atoms with Gasteiger partial charge in [0.15, 0.2) is 0 Å². The number of imide groups is 1. The maximum atomic E-state index is 11.6. The van der Waals surface area contributed by atoms with E-state index in [9.17, 15) is 9.59 Å². The molecule has 1 heterocycles. The number of carbonyl (C=O) groups is 2. The maximum Gasteiger partial charge on any atom is 0.318 e. The monoisotopic (exact) mass is 228 g/mol. The van der Waals surface area contributed by atoms with E-state index in [1.54, 1.807) is 6.92 Å². The van der Waals surface area contributed by atoms with E-state index in [0.29, 0.717) is 12.5 Å². The molecule has 1 rings (SSSR count). The predicted octanol–water partition coefficient (Wildman–Crippen LogP) is -0.759. The van der Waals surface area contributed by atoms with Gasteiger partial charge in [0.05, 0.1) is 6.04 Å². The number of hydrogen-bond acceptors (Lipinski definition) is 4. The number of carbonyl (C=O) groups excluding carboxylic acids is 2. The molecule has 0 aromatic heterocycles. The lowest BCUT2D eigenvalue weighted by atomic mass is 9.97. The van der Waals surface area contributed by atoms with Gasteiger partial charge in [0.2, 0.25) is 5.91 Å². The molecule has 0 aromatic carbocycles. The molecule has 3 amide bonds. The molecule has 6 nitrogen and oxygen atoms in total. The van der Waals surface area contributed by atoms with Crippen LogP contribution < -0.4 is 16.8 Å². The molecular formula is C10H20N4O2. The second-order valence-electron chi connectivity index (χ2n) is 4.27. The predicted molar refractivity (Wildman–Crippen MR) is 60.5 cm³/mol. The third-order valence-electron chi connectivity index (χ3n) is 3.06. The molecule has 0 saturated carbocycles. The summed E-state index contributed by atoms with van der Waals surface area (Å²) < 4.78 is 0. The summed E-state index contributed by atoms with van der Waals surface area (Å²) in [7, 11) is 0. The van der Waals surface area contributed by atoms with Crippen LogP contribution in [0.2, 0.25) is 0 Å². The van der Waals surface area contributed by atoms with Crippen LogP contribution in [0.25, 0.3) is 0 Å². The molecule has 0 bridgehead atoms. The van der Waals surface area contributed by atoms with Crippen molar-refractivity contribution >= 4 is 11.9 Å². The molecule has 1 aliphatic rings. The van der Waals surface area contributed by atoms with Crippen LogP contribution >= 0.6 is 0 Å². The molecule has 2 unspecified atom stereocenters. The third kappa shape index (κ3) is 3.46. The Hall–Kier alpha value is -1.14. The van der Waals surface area contributed by atoms with Crippen LogP contribution in [0, 0.1) is 5.92 Å². The highest BCUT2D eigenvalue weighted by Gasteiger charge is 2.27. The SMILES string of the molecule is CC(C(=O)NC(N)=O)N1CCCC(CN)C1. The zero-order chi connectivity index (χ0) is 12.1. The van der Waals surface area contributed by atoms with Crippen molar-refractivity contribution in [3.05, 3.63) is 0 Å². The minimum absolute atomic E-state index is 0.332. The van der Waals surface area contributed by atoms with Gasteiger partial charge in [0.25, 0.3) is 0 Å². The van der Waals surface area contributed by atoms with E-state index in [1.807, 2.05) is 4.90 Å². The Morgan fingerprint density at radius 1 is 1.56 bits per heavy atom. The summed E-state index contributed by atoms with van der Waals surface area (Å²) in [5.74, 6) is 0.0998. The van der Waals surface area contributed by atoms with E-state index in [1.165, 1.54) is 0 Å². The third-order valence-corrected chi connectivity index (χ3v) is 3.06. The van der Waals surface area contributed by atoms with Crippen LogP contribution in [0.3, 0.4) is 0 Å². The van der Waals surface area contributed by atoms with E-state index in [4.69, 9.17) is 11.5 Å². The number of nitrogens with two attached hydrogens (primary N) is 2. The quantitative estimate of drug-likeness (QED) is 0.591. The number of nitrogens with one attached hydrogen (secondary N) is 1. The van der Waals surface area contributed by atoms with Crippen LogP contribution in [0.4, 0.5) is 4.79 Å². The lowest BCUT2D eigenvalue weighted by Crippen LogP contribution is -2.51. The van der Waals surface area contributed by atoms with Gasteiger partial charge in [-0.2, -0.15) is 0 Å². The Morgan fingerprint density at radius 3 is 2.81 bits per heavy atom. The fraction of sp³-hybridized carbons (Fsp3) is 0.800. The average molecular weight is 228 g/mol. The Balaban J connectivity index is 2.49. The van der Waals surface area contributed by atoms with Gasteiger partial charge in [-0.3, -0.25) is 15.0 Å². The minimum Gasteiger partial charge on any atom is -0.351 e. The van der Waals surface area contributed by atoms with E-state index >= 15 is 0 Å². The second-order valence-corrected chi connectivity index (χ2v) is 4.27. The van der Waals surface area contributed by atoms with Gasteiger partial charge in [0.1, 0.15) is 0 Å². The number of rotatable bonds is 3. The maximum absolute atomic E-state index is 11.6. The lowest BCUT2D eigenvalue weighted by molar-refractivity contribution is -0.125. The number of amides is 3. The van der Waals surface area contributed by atoms with E-state index in [-0.39, 0.29) is 11.9 Å². The Labute approximate surface area is 95.3 Å². The summed E-state index contributed by atoms with van der Waals surface area (Å²) in [4.78, 5) is 24.2. The first-order chi connectivity index (χ1) is 7.54. The number of primary amides is 1. The lowest BCUT2D eigenvalue weighted by Gasteiger charge is -2.35. The topological polar surface area (TPSA) is 101 Å². The zero-order valence-corrected chi connectivity index (χ0v) is 9.61. The van der Waals surface area contributed by atoms with Crippen LogP contribution in [0.15, 0.2) is 0 Å².